The Morgan fingerprint density at radius 1 is 1.28 bits per heavy atom. The van der Waals surface area contributed by atoms with Crippen LogP contribution < -0.4 is 11.1 Å². The number of hydrogen-bond acceptors (Lipinski definition) is 6. The number of amides is 2. The van der Waals surface area contributed by atoms with E-state index >= 15 is 0 Å². The number of anilines is 1. The van der Waals surface area contributed by atoms with Crippen LogP contribution in [0.3, 0.4) is 0 Å². The second-order valence-corrected chi connectivity index (χ2v) is 7.49. The lowest BCUT2D eigenvalue weighted by atomic mass is 9.97. The minimum Gasteiger partial charge on any atom is -0.465 e. The van der Waals surface area contributed by atoms with Gasteiger partial charge in [0, 0.05) is 12.1 Å². The molecule has 1 aliphatic rings. The molecule has 2 heterocycles. The van der Waals surface area contributed by atoms with Gasteiger partial charge in [-0.1, -0.05) is 6.42 Å². The average Bonchev–Trinajstić information content (AvgIpc) is 2.87. The lowest BCUT2D eigenvalue weighted by Crippen LogP contribution is -2.47. The summed E-state index contributed by atoms with van der Waals surface area (Å²) in [5.41, 5.74) is 5.97. The van der Waals surface area contributed by atoms with Crippen LogP contribution in [0, 0.1) is 6.92 Å². The summed E-state index contributed by atoms with van der Waals surface area (Å²) in [4.78, 5) is 38.5. The second-order valence-electron chi connectivity index (χ2n) is 6.47. The molecule has 2 unspecified atom stereocenters. The zero-order valence-electron chi connectivity index (χ0n) is 15.0. The minimum atomic E-state index is -0.633. The number of likely N-dealkylation sites (tertiary alicyclic amines) is 1. The first-order chi connectivity index (χ1) is 11.8. The van der Waals surface area contributed by atoms with E-state index in [1.54, 1.807) is 6.92 Å². The van der Waals surface area contributed by atoms with Crippen LogP contribution in [0.25, 0.3) is 0 Å². The van der Waals surface area contributed by atoms with Crippen LogP contribution in [0.2, 0.25) is 0 Å². The van der Waals surface area contributed by atoms with Crippen molar-refractivity contribution in [3.8, 4) is 0 Å². The molecule has 138 valence electrons. The number of primary amides is 1. The lowest BCUT2D eigenvalue weighted by Gasteiger charge is -2.38. The molecule has 0 radical (unpaired) electrons. The molecule has 2 amide bonds. The molecule has 0 saturated carbocycles. The smallest absolute Gasteiger partial charge is 0.341 e. The minimum absolute atomic E-state index is 0.189. The first-order valence-electron chi connectivity index (χ1n) is 8.33. The van der Waals surface area contributed by atoms with E-state index in [0.717, 1.165) is 24.2 Å². The molecule has 3 N–H and O–H groups in total. The van der Waals surface area contributed by atoms with E-state index in [0.29, 0.717) is 22.6 Å². The van der Waals surface area contributed by atoms with Crippen LogP contribution in [-0.4, -0.2) is 48.4 Å². The van der Waals surface area contributed by atoms with Gasteiger partial charge in [0.25, 0.3) is 5.91 Å². The van der Waals surface area contributed by atoms with E-state index < -0.39 is 11.9 Å². The third-order valence-electron chi connectivity index (χ3n) is 4.72. The van der Waals surface area contributed by atoms with Gasteiger partial charge in [0.2, 0.25) is 5.91 Å². The lowest BCUT2D eigenvalue weighted by molar-refractivity contribution is -0.118. The summed E-state index contributed by atoms with van der Waals surface area (Å²) in [6.45, 7) is 6.09. The first kappa shape index (κ1) is 19.4. The van der Waals surface area contributed by atoms with E-state index in [2.05, 4.69) is 24.1 Å². The van der Waals surface area contributed by atoms with Gasteiger partial charge in [-0.25, -0.2) is 4.79 Å². The van der Waals surface area contributed by atoms with Crippen LogP contribution in [-0.2, 0) is 9.53 Å². The number of rotatable bonds is 5. The number of esters is 1. The Morgan fingerprint density at radius 2 is 1.88 bits per heavy atom. The summed E-state index contributed by atoms with van der Waals surface area (Å²) in [6.07, 6.45) is 3.29. The SMILES string of the molecule is COC(=O)c1c(NC(=O)CN2C(C)CCCC2C)sc(C(N)=O)c1C. The average molecular weight is 367 g/mol. The van der Waals surface area contributed by atoms with Crippen molar-refractivity contribution in [1.82, 2.24) is 4.90 Å². The highest BCUT2D eigenvalue weighted by Gasteiger charge is 2.29. The van der Waals surface area contributed by atoms with Gasteiger partial charge in [-0.15, -0.1) is 11.3 Å². The van der Waals surface area contributed by atoms with Gasteiger partial charge in [0.1, 0.15) is 5.00 Å². The number of nitrogens with zero attached hydrogens (tertiary/aromatic N) is 1. The van der Waals surface area contributed by atoms with Crippen LogP contribution >= 0.6 is 11.3 Å². The van der Waals surface area contributed by atoms with Crippen molar-refractivity contribution in [2.24, 2.45) is 5.73 Å². The number of ether oxygens (including phenoxy) is 1. The van der Waals surface area contributed by atoms with Gasteiger partial charge >= 0.3 is 5.97 Å². The van der Waals surface area contributed by atoms with E-state index in [-0.39, 0.29) is 22.9 Å². The zero-order valence-corrected chi connectivity index (χ0v) is 15.9. The fourth-order valence-corrected chi connectivity index (χ4v) is 4.37. The fourth-order valence-electron chi connectivity index (χ4n) is 3.30. The Hall–Kier alpha value is -1.93. The standard InChI is InChI=1S/C17H25N3O4S/c1-9-6-5-7-10(2)20(9)8-12(21)19-16-13(17(23)24-4)11(3)14(25-16)15(18)22/h9-10H,5-8H2,1-4H3,(H2,18,22)(H,19,21). The molecule has 0 aliphatic carbocycles. The number of carbonyl (C=O) groups excluding carboxylic acids is 3. The summed E-state index contributed by atoms with van der Waals surface area (Å²) >= 11 is 1.00. The van der Waals surface area contributed by atoms with Crippen LogP contribution in [0.15, 0.2) is 0 Å². The van der Waals surface area contributed by atoms with Crippen molar-refractivity contribution >= 4 is 34.1 Å². The molecule has 8 heteroatoms. The van der Waals surface area contributed by atoms with Crippen LogP contribution in [0.5, 0.6) is 0 Å². The summed E-state index contributed by atoms with van der Waals surface area (Å²) in [5.74, 6) is -1.45. The van der Waals surface area contributed by atoms with Gasteiger partial charge in [0.05, 0.1) is 24.1 Å². The number of hydrogen-bond donors (Lipinski definition) is 2. The number of nitrogens with two attached hydrogens (primary N) is 1. The van der Waals surface area contributed by atoms with Crippen molar-refractivity contribution in [3.63, 3.8) is 0 Å². The van der Waals surface area contributed by atoms with Crippen LogP contribution in [0.1, 0.15) is 58.7 Å². The summed E-state index contributed by atoms with van der Waals surface area (Å²) < 4.78 is 4.77. The topological polar surface area (TPSA) is 102 Å². The zero-order chi connectivity index (χ0) is 18.7. The number of piperidine rings is 1. The number of thiophene rings is 1. The highest BCUT2D eigenvalue weighted by molar-refractivity contribution is 7.18. The molecule has 1 aromatic rings. The molecule has 7 nitrogen and oxygen atoms in total. The van der Waals surface area contributed by atoms with Gasteiger partial charge in [-0.05, 0) is 39.2 Å². The fraction of sp³-hybridized carbons (Fsp3) is 0.588. The molecule has 0 spiro atoms. The molecule has 1 saturated heterocycles. The van der Waals surface area contributed by atoms with Gasteiger partial charge < -0.3 is 15.8 Å². The molecule has 0 aromatic carbocycles. The molecule has 1 aliphatic heterocycles. The molecule has 2 rings (SSSR count). The Balaban J connectivity index is 2.21. The van der Waals surface area contributed by atoms with Crippen LogP contribution in [0.4, 0.5) is 5.00 Å². The Kier molecular flexibility index (Phi) is 6.18. The summed E-state index contributed by atoms with van der Waals surface area (Å²) in [6, 6.07) is 0.668. The normalized spacial score (nSPS) is 21.0. The second kappa shape index (κ2) is 7.97. The van der Waals surface area contributed by atoms with Gasteiger partial charge in [-0.2, -0.15) is 0 Å². The molecule has 1 aromatic heterocycles. The van der Waals surface area contributed by atoms with E-state index in [4.69, 9.17) is 10.5 Å². The highest BCUT2D eigenvalue weighted by Crippen LogP contribution is 2.33. The predicted octanol–water partition coefficient (Wildman–Crippen LogP) is 2.14. The maximum absolute atomic E-state index is 12.5. The third kappa shape index (κ3) is 4.19. The van der Waals surface area contributed by atoms with Gasteiger partial charge in [-0.3, -0.25) is 14.5 Å². The molecular formula is C17H25N3O4S. The first-order valence-corrected chi connectivity index (χ1v) is 9.15. The van der Waals surface area contributed by atoms with Crippen molar-refractivity contribution in [2.45, 2.75) is 52.1 Å². The van der Waals surface area contributed by atoms with E-state index in [9.17, 15) is 14.4 Å². The van der Waals surface area contributed by atoms with Gasteiger partial charge in [0.15, 0.2) is 0 Å². The van der Waals surface area contributed by atoms with Crippen molar-refractivity contribution in [1.29, 1.82) is 0 Å². The third-order valence-corrected chi connectivity index (χ3v) is 5.94. The Bertz CT molecular complexity index is 676. The number of methoxy groups -OCH3 is 1. The van der Waals surface area contributed by atoms with Crippen molar-refractivity contribution in [2.75, 3.05) is 19.0 Å². The maximum Gasteiger partial charge on any atom is 0.341 e. The number of nitrogens with one attached hydrogen (secondary N) is 1. The molecule has 2 atom stereocenters. The summed E-state index contributed by atoms with van der Waals surface area (Å²) in [7, 11) is 1.26. The van der Waals surface area contributed by atoms with E-state index in [1.807, 2.05) is 0 Å². The Morgan fingerprint density at radius 3 is 2.40 bits per heavy atom. The Labute approximate surface area is 151 Å². The predicted molar refractivity (Wildman–Crippen MR) is 97.0 cm³/mol. The summed E-state index contributed by atoms with van der Waals surface area (Å²) in [5, 5.41) is 3.07. The molecular weight excluding hydrogens is 342 g/mol. The highest BCUT2D eigenvalue weighted by atomic mass is 32.1. The monoisotopic (exact) mass is 367 g/mol. The molecule has 1 fully saturated rings. The molecule has 0 bridgehead atoms. The maximum atomic E-state index is 12.5. The largest absolute Gasteiger partial charge is 0.465 e. The quantitative estimate of drug-likeness (QED) is 0.777. The van der Waals surface area contributed by atoms with Crippen molar-refractivity contribution in [3.05, 3.63) is 16.0 Å². The van der Waals surface area contributed by atoms with Crippen molar-refractivity contribution < 1.29 is 19.1 Å². The molecule has 25 heavy (non-hydrogen) atoms. The number of carbonyl (C=O) groups is 3. The van der Waals surface area contributed by atoms with E-state index in [1.165, 1.54) is 13.5 Å².